The standard InChI is InChI=1S/C8H8ClN/c1-3-7-5-10-6(2)4-8(7)9/h3-5H,1H2,2H3. The molecule has 0 aromatic carbocycles. The van der Waals surface area contributed by atoms with Crippen LogP contribution in [0.4, 0.5) is 0 Å². The third kappa shape index (κ3) is 1.36. The van der Waals surface area contributed by atoms with E-state index in [4.69, 9.17) is 11.6 Å². The van der Waals surface area contributed by atoms with Crippen molar-refractivity contribution < 1.29 is 0 Å². The molecule has 0 unspecified atom stereocenters. The van der Waals surface area contributed by atoms with E-state index in [9.17, 15) is 0 Å². The Morgan fingerprint density at radius 2 is 2.40 bits per heavy atom. The number of aromatic nitrogens is 1. The molecule has 0 aliphatic heterocycles. The number of aryl methyl sites for hydroxylation is 1. The molecule has 52 valence electrons. The van der Waals surface area contributed by atoms with E-state index < -0.39 is 0 Å². The zero-order chi connectivity index (χ0) is 7.56. The van der Waals surface area contributed by atoms with Crippen molar-refractivity contribution in [2.24, 2.45) is 0 Å². The van der Waals surface area contributed by atoms with Gasteiger partial charge in [-0.2, -0.15) is 0 Å². The minimum Gasteiger partial charge on any atom is -0.261 e. The van der Waals surface area contributed by atoms with Crippen LogP contribution in [0.25, 0.3) is 6.08 Å². The first-order chi connectivity index (χ1) is 4.74. The van der Waals surface area contributed by atoms with Crippen LogP contribution in [-0.2, 0) is 0 Å². The number of hydrogen-bond acceptors (Lipinski definition) is 1. The molecule has 0 spiro atoms. The van der Waals surface area contributed by atoms with Crippen LogP contribution in [0.1, 0.15) is 11.3 Å². The van der Waals surface area contributed by atoms with E-state index in [1.54, 1.807) is 12.3 Å². The van der Waals surface area contributed by atoms with Crippen LogP contribution < -0.4 is 0 Å². The van der Waals surface area contributed by atoms with Gasteiger partial charge < -0.3 is 0 Å². The van der Waals surface area contributed by atoms with Gasteiger partial charge in [0.2, 0.25) is 0 Å². The number of pyridine rings is 1. The molecule has 0 amide bonds. The van der Waals surface area contributed by atoms with Crippen LogP contribution in [-0.4, -0.2) is 4.98 Å². The molecular formula is C8H8ClN. The largest absolute Gasteiger partial charge is 0.261 e. The molecule has 0 aliphatic carbocycles. The summed E-state index contributed by atoms with van der Waals surface area (Å²) in [7, 11) is 0. The van der Waals surface area contributed by atoms with Crippen molar-refractivity contribution in [3.8, 4) is 0 Å². The predicted octanol–water partition coefficient (Wildman–Crippen LogP) is 2.69. The van der Waals surface area contributed by atoms with Crippen molar-refractivity contribution >= 4 is 17.7 Å². The molecule has 0 atom stereocenters. The maximum Gasteiger partial charge on any atom is 0.0511 e. The van der Waals surface area contributed by atoms with E-state index in [0.717, 1.165) is 11.3 Å². The van der Waals surface area contributed by atoms with Gasteiger partial charge in [-0.25, -0.2) is 0 Å². The summed E-state index contributed by atoms with van der Waals surface area (Å²) in [4.78, 5) is 4.06. The van der Waals surface area contributed by atoms with Gasteiger partial charge in [0.15, 0.2) is 0 Å². The fraction of sp³-hybridized carbons (Fsp3) is 0.125. The van der Waals surface area contributed by atoms with Gasteiger partial charge in [0.05, 0.1) is 5.02 Å². The van der Waals surface area contributed by atoms with Crippen molar-refractivity contribution in [1.29, 1.82) is 0 Å². The fourth-order valence-corrected chi connectivity index (χ4v) is 0.971. The highest BCUT2D eigenvalue weighted by molar-refractivity contribution is 6.32. The second kappa shape index (κ2) is 2.84. The topological polar surface area (TPSA) is 12.9 Å². The minimum absolute atomic E-state index is 0.711. The summed E-state index contributed by atoms with van der Waals surface area (Å²) >= 11 is 5.82. The Labute approximate surface area is 65.4 Å². The third-order valence-corrected chi connectivity index (χ3v) is 1.57. The molecule has 0 aliphatic rings. The minimum atomic E-state index is 0.711. The second-order valence-corrected chi connectivity index (χ2v) is 2.46. The van der Waals surface area contributed by atoms with E-state index in [1.165, 1.54) is 0 Å². The smallest absolute Gasteiger partial charge is 0.0511 e. The molecule has 1 heterocycles. The highest BCUT2D eigenvalue weighted by Gasteiger charge is 1.94. The van der Waals surface area contributed by atoms with Gasteiger partial charge in [0.25, 0.3) is 0 Å². The zero-order valence-electron chi connectivity index (χ0n) is 5.76. The monoisotopic (exact) mass is 153 g/mol. The molecule has 0 N–H and O–H groups in total. The van der Waals surface area contributed by atoms with Crippen LogP contribution in [0.15, 0.2) is 18.8 Å². The zero-order valence-corrected chi connectivity index (χ0v) is 6.52. The van der Waals surface area contributed by atoms with Gasteiger partial charge in [0, 0.05) is 17.5 Å². The van der Waals surface area contributed by atoms with Crippen LogP contribution in [0, 0.1) is 6.92 Å². The average molecular weight is 154 g/mol. The first-order valence-electron chi connectivity index (χ1n) is 2.98. The van der Waals surface area contributed by atoms with E-state index in [1.807, 2.05) is 13.0 Å². The molecule has 2 heteroatoms. The highest BCUT2D eigenvalue weighted by Crippen LogP contribution is 2.15. The predicted molar refractivity (Wildman–Crippen MR) is 44.1 cm³/mol. The molecule has 1 nitrogen and oxygen atoms in total. The summed E-state index contributed by atoms with van der Waals surface area (Å²) in [6.07, 6.45) is 3.40. The molecule has 10 heavy (non-hydrogen) atoms. The highest BCUT2D eigenvalue weighted by atomic mass is 35.5. The Morgan fingerprint density at radius 1 is 1.70 bits per heavy atom. The SMILES string of the molecule is C=Cc1cnc(C)cc1Cl. The Kier molecular flexibility index (Phi) is 2.07. The maximum atomic E-state index is 5.82. The van der Waals surface area contributed by atoms with Crippen molar-refractivity contribution in [3.63, 3.8) is 0 Å². The summed E-state index contributed by atoms with van der Waals surface area (Å²) in [6.45, 7) is 5.50. The summed E-state index contributed by atoms with van der Waals surface area (Å²) in [6, 6.07) is 1.82. The Balaban J connectivity index is 3.19. The summed E-state index contributed by atoms with van der Waals surface area (Å²) < 4.78 is 0. The number of rotatable bonds is 1. The lowest BCUT2D eigenvalue weighted by molar-refractivity contribution is 1.19. The lowest BCUT2D eigenvalue weighted by atomic mass is 10.2. The fourth-order valence-electron chi connectivity index (χ4n) is 0.687. The van der Waals surface area contributed by atoms with Crippen LogP contribution >= 0.6 is 11.6 Å². The Morgan fingerprint density at radius 3 is 2.90 bits per heavy atom. The van der Waals surface area contributed by atoms with Crippen LogP contribution in [0.3, 0.4) is 0 Å². The van der Waals surface area contributed by atoms with Gasteiger partial charge in [-0.3, -0.25) is 4.98 Å². The van der Waals surface area contributed by atoms with Gasteiger partial charge in [-0.15, -0.1) is 0 Å². The lowest BCUT2D eigenvalue weighted by Gasteiger charge is -1.96. The lowest BCUT2D eigenvalue weighted by Crippen LogP contribution is -1.82. The van der Waals surface area contributed by atoms with E-state index >= 15 is 0 Å². The average Bonchev–Trinajstić information content (AvgIpc) is 1.88. The maximum absolute atomic E-state index is 5.82. The van der Waals surface area contributed by atoms with E-state index in [2.05, 4.69) is 11.6 Å². The molecule has 1 rings (SSSR count). The molecule has 0 radical (unpaired) electrons. The molecule has 0 saturated heterocycles. The van der Waals surface area contributed by atoms with Crippen molar-refractivity contribution in [2.45, 2.75) is 6.92 Å². The van der Waals surface area contributed by atoms with Gasteiger partial charge in [-0.05, 0) is 13.0 Å². The van der Waals surface area contributed by atoms with E-state index in [0.29, 0.717) is 5.02 Å². The number of halogens is 1. The quantitative estimate of drug-likeness (QED) is 0.605. The second-order valence-electron chi connectivity index (χ2n) is 2.05. The first kappa shape index (κ1) is 7.29. The third-order valence-electron chi connectivity index (χ3n) is 1.24. The first-order valence-corrected chi connectivity index (χ1v) is 3.36. The Hall–Kier alpha value is -0.820. The normalized spacial score (nSPS) is 9.40. The molecule has 0 fully saturated rings. The van der Waals surface area contributed by atoms with Gasteiger partial charge in [0.1, 0.15) is 0 Å². The molecule has 1 aromatic rings. The van der Waals surface area contributed by atoms with Gasteiger partial charge in [-0.1, -0.05) is 24.3 Å². The number of nitrogens with zero attached hydrogens (tertiary/aromatic N) is 1. The number of hydrogen-bond donors (Lipinski definition) is 0. The molecule has 1 aromatic heterocycles. The van der Waals surface area contributed by atoms with E-state index in [-0.39, 0.29) is 0 Å². The van der Waals surface area contributed by atoms with Crippen LogP contribution in [0.5, 0.6) is 0 Å². The van der Waals surface area contributed by atoms with Gasteiger partial charge >= 0.3 is 0 Å². The molecular weight excluding hydrogens is 146 g/mol. The van der Waals surface area contributed by atoms with Crippen molar-refractivity contribution in [2.75, 3.05) is 0 Å². The molecule has 0 saturated carbocycles. The Bertz CT molecular complexity index is 255. The molecule has 0 bridgehead atoms. The van der Waals surface area contributed by atoms with Crippen LogP contribution in [0.2, 0.25) is 5.02 Å². The van der Waals surface area contributed by atoms with Crippen molar-refractivity contribution in [3.05, 3.63) is 35.1 Å². The summed E-state index contributed by atoms with van der Waals surface area (Å²) in [5, 5.41) is 0.711. The summed E-state index contributed by atoms with van der Waals surface area (Å²) in [5.41, 5.74) is 1.81. The van der Waals surface area contributed by atoms with Crippen molar-refractivity contribution in [1.82, 2.24) is 4.98 Å². The summed E-state index contributed by atoms with van der Waals surface area (Å²) in [5.74, 6) is 0.